The molecule has 138 valence electrons. The molecule has 1 amide bonds. The molecule has 0 saturated heterocycles. The highest BCUT2D eigenvalue weighted by atomic mass is 127. The smallest absolute Gasteiger partial charge is 0.271 e. The van der Waals surface area contributed by atoms with E-state index in [1.165, 1.54) is 21.3 Å². The maximum absolute atomic E-state index is 12.1. The molecule has 6 heteroatoms. The van der Waals surface area contributed by atoms with E-state index in [0.29, 0.717) is 5.56 Å². The summed E-state index contributed by atoms with van der Waals surface area (Å²) in [6, 6.07) is 14.4. The molecule has 3 rings (SSSR count). The van der Waals surface area contributed by atoms with Gasteiger partial charge in [0.15, 0.2) is 0 Å². The van der Waals surface area contributed by atoms with E-state index in [-0.39, 0.29) is 11.7 Å². The van der Waals surface area contributed by atoms with Crippen LogP contribution in [-0.2, 0) is 0 Å². The van der Waals surface area contributed by atoms with E-state index in [4.69, 9.17) is 0 Å². The van der Waals surface area contributed by atoms with Gasteiger partial charge < -0.3 is 9.67 Å². The maximum atomic E-state index is 12.1. The third-order valence-electron chi connectivity index (χ3n) is 4.37. The Labute approximate surface area is 171 Å². The number of phenols is 1. The fourth-order valence-electron chi connectivity index (χ4n) is 2.92. The van der Waals surface area contributed by atoms with Crippen LogP contribution in [0.25, 0.3) is 5.69 Å². The molecule has 0 aliphatic heterocycles. The monoisotopic (exact) mass is 473 g/mol. The number of amides is 1. The zero-order chi connectivity index (χ0) is 19.6. The largest absolute Gasteiger partial charge is 0.508 e. The molecule has 0 bridgehead atoms. The summed E-state index contributed by atoms with van der Waals surface area (Å²) >= 11 is 2.33. The minimum atomic E-state index is -0.326. The Morgan fingerprint density at radius 1 is 1.11 bits per heavy atom. The van der Waals surface area contributed by atoms with Gasteiger partial charge in [0.1, 0.15) is 5.75 Å². The van der Waals surface area contributed by atoms with Gasteiger partial charge in [0.05, 0.1) is 6.21 Å². The lowest BCUT2D eigenvalue weighted by Gasteiger charge is -2.11. The fraction of sp³-hybridized carbons (Fsp3) is 0.143. The summed E-state index contributed by atoms with van der Waals surface area (Å²) in [6.45, 7) is 6.18. The van der Waals surface area contributed by atoms with Gasteiger partial charge in [-0.1, -0.05) is 0 Å². The van der Waals surface area contributed by atoms with Gasteiger partial charge in [-0.05, 0) is 97.5 Å². The highest BCUT2D eigenvalue weighted by molar-refractivity contribution is 14.1. The molecule has 2 aromatic carbocycles. The first-order chi connectivity index (χ1) is 12.9. The summed E-state index contributed by atoms with van der Waals surface area (Å²) in [4.78, 5) is 12.1. The summed E-state index contributed by atoms with van der Waals surface area (Å²) in [5.74, 6) is -0.207. The van der Waals surface area contributed by atoms with Gasteiger partial charge in [-0.3, -0.25) is 4.79 Å². The van der Waals surface area contributed by atoms with Crippen LogP contribution in [0.15, 0.2) is 53.6 Å². The third kappa shape index (κ3) is 4.21. The summed E-state index contributed by atoms with van der Waals surface area (Å²) < 4.78 is 3.41. The standard InChI is InChI=1S/C21H20IN3O2/c1-13-10-18(6-9-20(13)22)25-14(2)11-17(15(25)3)12-23-24-21(27)16-4-7-19(26)8-5-16/h4-12,26H,1-3H3,(H,24,27)/b23-12-. The van der Waals surface area contributed by atoms with Gasteiger partial charge in [0.25, 0.3) is 5.91 Å². The molecule has 3 aromatic rings. The number of rotatable bonds is 4. The first-order valence-electron chi connectivity index (χ1n) is 8.44. The van der Waals surface area contributed by atoms with Gasteiger partial charge in [-0.2, -0.15) is 5.10 Å². The Balaban J connectivity index is 1.79. The Hall–Kier alpha value is -2.61. The van der Waals surface area contributed by atoms with E-state index in [2.05, 4.69) is 62.8 Å². The maximum Gasteiger partial charge on any atom is 0.271 e. The second-order valence-corrected chi connectivity index (χ2v) is 7.50. The van der Waals surface area contributed by atoms with Crippen LogP contribution in [0.4, 0.5) is 0 Å². The second-order valence-electron chi connectivity index (χ2n) is 6.34. The van der Waals surface area contributed by atoms with Crippen molar-refractivity contribution in [2.75, 3.05) is 0 Å². The average molecular weight is 473 g/mol. The predicted octanol–water partition coefficient (Wildman–Crippen LogP) is 4.48. The Bertz CT molecular complexity index is 1020. The molecule has 0 spiro atoms. The highest BCUT2D eigenvalue weighted by Gasteiger charge is 2.10. The van der Waals surface area contributed by atoms with Crippen molar-refractivity contribution in [3.63, 3.8) is 0 Å². The van der Waals surface area contributed by atoms with Crippen LogP contribution in [0.2, 0.25) is 0 Å². The number of nitrogens with zero attached hydrogens (tertiary/aromatic N) is 2. The molecule has 0 fully saturated rings. The van der Waals surface area contributed by atoms with Crippen LogP contribution in [0, 0.1) is 24.3 Å². The normalized spacial score (nSPS) is 11.1. The number of hydrogen-bond acceptors (Lipinski definition) is 3. The second kappa shape index (κ2) is 7.96. The highest BCUT2D eigenvalue weighted by Crippen LogP contribution is 2.22. The van der Waals surface area contributed by atoms with Crippen molar-refractivity contribution in [1.29, 1.82) is 0 Å². The summed E-state index contributed by atoms with van der Waals surface area (Å²) in [7, 11) is 0. The molecular weight excluding hydrogens is 453 g/mol. The quantitative estimate of drug-likeness (QED) is 0.334. The topological polar surface area (TPSA) is 66.6 Å². The zero-order valence-corrected chi connectivity index (χ0v) is 17.5. The van der Waals surface area contributed by atoms with E-state index >= 15 is 0 Å². The van der Waals surface area contributed by atoms with Crippen LogP contribution < -0.4 is 5.43 Å². The number of hydrogen-bond donors (Lipinski definition) is 2. The number of halogens is 1. The van der Waals surface area contributed by atoms with E-state index in [1.54, 1.807) is 18.3 Å². The molecule has 0 aliphatic carbocycles. The third-order valence-corrected chi connectivity index (χ3v) is 5.58. The first-order valence-corrected chi connectivity index (χ1v) is 9.52. The lowest BCUT2D eigenvalue weighted by molar-refractivity contribution is 0.0955. The molecule has 0 unspecified atom stereocenters. The lowest BCUT2D eigenvalue weighted by Crippen LogP contribution is -2.17. The molecular formula is C21H20IN3O2. The Morgan fingerprint density at radius 2 is 1.81 bits per heavy atom. The number of nitrogens with one attached hydrogen (secondary N) is 1. The summed E-state index contributed by atoms with van der Waals surface area (Å²) in [5, 5.41) is 13.4. The van der Waals surface area contributed by atoms with Crippen LogP contribution in [-0.4, -0.2) is 21.8 Å². The van der Waals surface area contributed by atoms with Crippen LogP contribution in [0.1, 0.15) is 32.9 Å². The fourth-order valence-corrected chi connectivity index (χ4v) is 3.26. The van der Waals surface area contributed by atoms with Crippen molar-refractivity contribution >= 4 is 34.7 Å². The SMILES string of the molecule is Cc1cc(-n2c(C)cc(/C=N\NC(=O)c3ccc(O)cc3)c2C)ccc1I. The minimum absolute atomic E-state index is 0.119. The summed E-state index contributed by atoms with van der Waals surface area (Å²) in [5.41, 5.74) is 8.38. The van der Waals surface area contributed by atoms with Crippen LogP contribution in [0.3, 0.4) is 0 Å². The molecule has 0 radical (unpaired) electrons. The van der Waals surface area contributed by atoms with Crippen molar-refractivity contribution in [3.05, 3.63) is 80.2 Å². The molecule has 27 heavy (non-hydrogen) atoms. The number of carbonyl (C=O) groups excluding carboxylic acids is 1. The zero-order valence-electron chi connectivity index (χ0n) is 15.3. The molecule has 0 aliphatic rings. The number of phenolic OH excluding ortho intramolecular Hbond substituents is 1. The molecule has 5 nitrogen and oxygen atoms in total. The van der Waals surface area contributed by atoms with Crippen LogP contribution in [0.5, 0.6) is 5.75 Å². The number of hydrazone groups is 1. The van der Waals surface area contributed by atoms with Gasteiger partial charge >= 0.3 is 0 Å². The Kier molecular flexibility index (Phi) is 5.65. The number of aryl methyl sites for hydroxylation is 2. The molecule has 0 saturated carbocycles. The predicted molar refractivity (Wildman–Crippen MR) is 116 cm³/mol. The van der Waals surface area contributed by atoms with Gasteiger partial charge in [0, 0.05) is 31.8 Å². The van der Waals surface area contributed by atoms with E-state index in [9.17, 15) is 9.90 Å². The van der Waals surface area contributed by atoms with Crippen molar-refractivity contribution in [3.8, 4) is 11.4 Å². The van der Waals surface area contributed by atoms with Gasteiger partial charge in [-0.15, -0.1) is 0 Å². The van der Waals surface area contributed by atoms with E-state index < -0.39 is 0 Å². The van der Waals surface area contributed by atoms with E-state index in [1.807, 2.05) is 19.9 Å². The number of aromatic hydroxyl groups is 1. The van der Waals surface area contributed by atoms with Crippen molar-refractivity contribution < 1.29 is 9.90 Å². The average Bonchev–Trinajstić information content (AvgIpc) is 2.92. The molecule has 1 heterocycles. The number of carbonyl (C=O) groups is 1. The number of aromatic nitrogens is 1. The van der Waals surface area contributed by atoms with E-state index in [0.717, 1.165) is 22.6 Å². The van der Waals surface area contributed by atoms with Crippen LogP contribution >= 0.6 is 22.6 Å². The Morgan fingerprint density at radius 3 is 2.48 bits per heavy atom. The van der Waals surface area contributed by atoms with Crippen molar-refractivity contribution in [2.24, 2.45) is 5.10 Å². The van der Waals surface area contributed by atoms with Gasteiger partial charge in [0.2, 0.25) is 0 Å². The number of benzene rings is 2. The summed E-state index contributed by atoms with van der Waals surface area (Å²) in [6.07, 6.45) is 1.65. The molecule has 2 N–H and O–H groups in total. The minimum Gasteiger partial charge on any atom is -0.508 e. The first kappa shape index (κ1) is 19.2. The molecule has 0 atom stereocenters. The van der Waals surface area contributed by atoms with Gasteiger partial charge in [-0.25, -0.2) is 5.43 Å². The van der Waals surface area contributed by atoms with Crippen molar-refractivity contribution in [1.82, 2.24) is 9.99 Å². The molecule has 1 aromatic heterocycles. The van der Waals surface area contributed by atoms with Crippen molar-refractivity contribution in [2.45, 2.75) is 20.8 Å². The lowest BCUT2D eigenvalue weighted by atomic mass is 10.2.